The molecule has 0 amide bonds. The molecule has 1 fully saturated rings. The van der Waals surface area contributed by atoms with E-state index in [1.165, 1.54) is 0 Å². The lowest BCUT2D eigenvalue weighted by atomic mass is 9.93. The van der Waals surface area contributed by atoms with Crippen LogP contribution in [0.15, 0.2) is 18.2 Å². The highest BCUT2D eigenvalue weighted by Gasteiger charge is 2.18. The van der Waals surface area contributed by atoms with Crippen molar-refractivity contribution in [3.63, 3.8) is 0 Å². The maximum atomic E-state index is 9.44. The molecule has 0 bridgehead atoms. The summed E-state index contributed by atoms with van der Waals surface area (Å²) >= 11 is 12.0. The first-order valence-electron chi connectivity index (χ1n) is 6.50. The molecule has 0 spiro atoms. The van der Waals surface area contributed by atoms with Crippen LogP contribution >= 0.6 is 23.2 Å². The summed E-state index contributed by atoms with van der Waals surface area (Å²) in [7, 11) is 0. The molecule has 1 aromatic rings. The Kier molecular flexibility index (Phi) is 5.31. The van der Waals surface area contributed by atoms with Gasteiger partial charge in [0.1, 0.15) is 0 Å². The Morgan fingerprint density at radius 2 is 1.89 bits per heavy atom. The lowest BCUT2D eigenvalue weighted by Crippen LogP contribution is -2.35. The number of hydrogen-bond acceptors (Lipinski definition) is 2. The zero-order chi connectivity index (χ0) is 13.0. The third-order valence-corrected chi connectivity index (χ3v) is 4.13. The van der Waals surface area contributed by atoms with Crippen molar-refractivity contribution in [2.75, 3.05) is 6.54 Å². The molecule has 18 heavy (non-hydrogen) atoms. The van der Waals surface area contributed by atoms with Crippen LogP contribution in [0, 0.1) is 0 Å². The molecule has 4 heteroatoms. The minimum Gasteiger partial charge on any atom is -0.393 e. The van der Waals surface area contributed by atoms with E-state index in [1.807, 2.05) is 12.1 Å². The smallest absolute Gasteiger partial charge is 0.0541 e. The highest BCUT2D eigenvalue weighted by atomic mass is 35.5. The van der Waals surface area contributed by atoms with E-state index >= 15 is 0 Å². The fourth-order valence-electron chi connectivity index (χ4n) is 2.42. The Bertz CT molecular complexity index is 389. The summed E-state index contributed by atoms with van der Waals surface area (Å²) in [4.78, 5) is 0. The molecule has 0 aliphatic heterocycles. The number of nitrogens with one attached hydrogen (secondary N) is 1. The average molecular weight is 288 g/mol. The number of aliphatic hydroxyl groups is 1. The second-order valence-electron chi connectivity index (χ2n) is 4.95. The number of hydrogen-bond donors (Lipinski definition) is 2. The molecule has 0 unspecified atom stereocenters. The van der Waals surface area contributed by atoms with E-state index in [4.69, 9.17) is 23.2 Å². The number of aliphatic hydroxyl groups excluding tert-OH is 1. The Hall–Kier alpha value is -0.280. The highest BCUT2D eigenvalue weighted by molar-refractivity contribution is 6.35. The van der Waals surface area contributed by atoms with Crippen LogP contribution in [0.1, 0.15) is 31.2 Å². The minimum atomic E-state index is -0.0891. The quantitative estimate of drug-likeness (QED) is 0.889. The molecule has 0 radical (unpaired) electrons. The van der Waals surface area contributed by atoms with E-state index in [0.29, 0.717) is 11.1 Å². The molecule has 1 aliphatic rings. The first-order chi connectivity index (χ1) is 8.65. The summed E-state index contributed by atoms with van der Waals surface area (Å²) in [5, 5.41) is 14.4. The monoisotopic (exact) mass is 287 g/mol. The standard InChI is InChI=1S/C14H19Cl2NO/c15-11-2-1-10(14(16)9-11)7-8-17-12-3-5-13(18)6-4-12/h1-2,9,12-13,17-18H,3-8H2. The highest BCUT2D eigenvalue weighted by Crippen LogP contribution is 2.22. The molecule has 2 nitrogen and oxygen atoms in total. The lowest BCUT2D eigenvalue weighted by molar-refractivity contribution is 0.117. The van der Waals surface area contributed by atoms with Gasteiger partial charge in [0.2, 0.25) is 0 Å². The van der Waals surface area contributed by atoms with Crippen molar-refractivity contribution in [3.8, 4) is 0 Å². The maximum absolute atomic E-state index is 9.44. The summed E-state index contributed by atoms with van der Waals surface area (Å²) in [6.07, 6.45) is 4.78. The van der Waals surface area contributed by atoms with Crippen LogP contribution in [0.4, 0.5) is 0 Å². The van der Waals surface area contributed by atoms with Gasteiger partial charge in [0.25, 0.3) is 0 Å². The van der Waals surface area contributed by atoms with Crippen molar-refractivity contribution in [2.24, 2.45) is 0 Å². The first kappa shape index (κ1) is 14.1. The second-order valence-corrected chi connectivity index (χ2v) is 5.79. The van der Waals surface area contributed by atoms with E-state index < -0.39 is 0 Å². The van der Waals surface area contributed by atoms with E-state index in [-0.39, 0.29) is 6.10 Å². The molecule has 0 aromatic heterocycles. The minimum absolute atomic E-state index is 0.0891. The van der Waals surface area contributed by atoms with Crippen LogP contribution in [0.3, 0.4) is 0 Å². The maximum Gasteiger partial charge on any atom is 0.0541 e. The molecular formula is C14H19Cl2NO. The molecule has 0 atom stereocenters. The molecule has 1 aliphatic carbocycles. The third-order valence-electron chi connectivity index (χ3n) is 3.54. The second kappa shape index (κ2) is 6.76. The first-order valence-corrected chi connectivity index (χ1v) is 7.26. The molecule has 100 valence electrons. The van der Waals surface area contributed by atoms with Gasteiger partial charge in [0, 0.05) is 16.1 Å². The van der Waals surface area contributed by atoms with E-state index in [1.54, 1.807) is 6.07 Å². The van der Waals surface area contributed by atoms with Crippen LogP contribution < -0.4 is 5.32 Å². The fourth-order valence-corrected chi connectivity index (χ4v) is 2.92. The predicted molar refractivity (Wildman–Crippen MR) is 76.4 cm³/mol. The molecule has 0 saturated heterocycles. The predicted octanol–water partition coefficient (Wildman–Crippen LogP) is 3.43. The van der Waals surface area contributed by atoms with Crippen LogP contribution in [-0.4, -0.2) is 23.8 Å². The zero-order valence-corrected chi connectivity index (χ0v) is 11.8. The summed E-state index contributed by atoms with van der Waals surface area (Å²) in [5.41, 5.74) is 1.13. The van der Waals surface area contributed by atoms with Crippen molar-refractivity contribution in [1.29, 1.82) is 0 Å². The Morgan fingerprint density at radius 3 is 2.56 bits per heavy atom. The zero-order valence-electron chi connectivity index (χ0n) is 10.3. The van der Waals surface area contributed by atoms with Gasteiger partial charge in [-0.25, -0.2) is 0 Å². The number of halogens is 2. The van der Waals surface area contributed by atoms with Gasteiger partial charge >= 0.3 is 0 Å². The summed E-state index contributed by atoms with van der Waals surface area (Å²) < 4.78 is 0. The Morgan fingerprint density at radius 1 is 1.17 bits per heavy atom. The van der Waals surface area contributed by atoms with E-state index in [2.05, 4.69) is 5.32 Å². The van der Waals surface area contributed by atoms with E-state index in [0.717, 1.165) is 49.2 Å². The summed E-state index contributed by atoms with van der Waals surface area (Å²) in [6.45, 7) is 0.919. The van der Waals surface area contributed by atoms with Crippen LogP contribution in [0.25, 0.3) is 0 Å². The van der Waals surface area contributed by atoms with Crippen molar-refractivity contribution >= 4 is 23.2 Å². The van der Waals surface area contributed by atoms with Crippen LogP contribution in [0.2, 0.25) is 10.0 Å². The molecule has 0 heterocycles. The van der Waals surface area contributed by atoms with Crippen LogP contribution in [0.5, 0.6) is 0 Å². The lowest BCUT2D eigenvalue weighted by Gasteiger charge is -2.26. The largest absolute Gasteiger partial charge is 0.393 e. The molecular weight excluding hydrogens is 269 g/mol. The van der Waals surface area contributed by atoms with E-state index in [9.17, 15) is 5.11 Å². The molecule has 2 N–H and O–H groups in total. The molecule has 1 saturated carbocycles. The van der Waals surface area contributed by atoms with Crippen molar-refractivity contribution in [1.82, 2.24) is 5.32 Å². The number of benzene rings is 1. The Labute approximate surface area is 118 Å². The van der Waals surface area contributed by atoms with Gasteiger partial charge in [-0.15, -0.1) is 0 Å². The van der Waals surface area contributed by atoms with Gasteiger partial charge in [0.15, 0.2) is 0 Å². The average Bonchev–Trinajstić information content (AvgIpc) is 2.34. The van der Waals surface area contributed by atoms with Gasteiger partial charge in [-0.05, 0) is 56.3 Å². The van der Waals surface area contributed by atoms with Crippen molar-refractivity contribution in [3.05, 3.63) is 33.8 Å². The van der Waals surface area contributed by atoms with Gasteiger partial charge in [0.05, 0.1) is 6.10 Å². The topological polar surface area (TPSA) is 32.3 Å². The normalized spacial score (nSPS) is 24.2. The van der Waals surface area contributed by atoms with Crippen molar-refractivity contribution in [2.45, 2.75) is 44.2 Å². The summed E-state index contributed by atoms with van der Waals surface area (Å²) in [5.74, 6) is 0. The van der Waals surface area contributed by atoms with Crippen molar-refractivity contribution < 1.29 is 5.11 Å². The molecule has 1 aromatic carbocycles. The molecule has 2 rings (SSSR count). The van der Waals surface area contributed by atoms with Gasteiger partial charge in [-0.1, -0.05) is 29.3 Å². The van der Waals surface area contributed by atoms with Gasteiger partial charge < -0.3 is 10.4 Å². The van der Waals surface area contributed by atoms with Gasteiger partial charge in [-0.3, -0.25) is 0 Å². The SMILES string of the molecule is OC1CCC(NCCc2ccc(Cl)cc2Cl)CC1. The fraction of sp³-hybridized carbons (Fsp3) is 0.571. The number of rotatable bonds is 4. The Balaban J connectivity index is 1.75. The van der Waals surface area contributed by atoms with Gasteiger partial charge in [-0.2, -0.15) is 0 Å². The summed E-state index contributed by atoms with van der Waals surface area (Å²) in [6, 6.07) is 6.19. The van der Waals surface area contributed by atoms with Crippen LogP contribution in [-0.2, 0) is 6.42 Å². The third kappa shape index (κ3) is 4.13.